The molecular formula is C22H26N2O2. The van der Waals surface area contributed by atoms with Crippen LogP contribution in [-0.2, 0) is 6.42 Å². The number of imidazole rings is 1. The van der Waals surface area contributed by atoms with Crippen LogP contribution in [0.15, 0.2) is 42.5 Å². The summed E-state index contributed by atoms with van der Waals surface area (Å²) in [7, 11) is 0. The second kappa shape index (κ2) is 9.18. The molecule has 0 atom stereocenters. The van der Waals surface area contributed by atoms with Crippen LogP contribution >= 0.6 is 0 Å². The lowest BCUT2D eigenvalue weighted by atomic mass is 10.1. The fourth-order valence-electron chi connectivity index (χ4n) is 3.03. The molecule has 0 radical (unpaired) electrons. The summed E-state index contributed by atoms with van der Waals surface area (Å²) >= 11 is 0. The maximum Gasteiger partial charge on any atom is 0.150 e. The van der Waals surface area contributed by atoms with E-state index >= 15 is 0 Å². The van der Waals surface area contributed by atoms with Gasteiger partial charge < -0.3 is 9.72 Å². The second-order valence-corrected chi connectivity index (χ2v) is 6.66. The highest BCUT2D eigenvalue weighted by Gasteiger charge is 2.05. The molecule has 3 rings (SSSR count). The summed E-state index contributed by atoms with van der Waals surface area (Å²) in [5, 5.41) is 0. The minimum atomic E-state index is 0.656. The number of carbonyl (C=O) groups excluding carboxylic acids is 1. The Morgan fingerprint density at radius 3 is 2.62 bits per heavy atom. The predicted molar refractivity (Wildman–Crippen MR) is 105 cm³/mol. The van der Waals surface area contributed by atoms with Crippen molar-refractivity contribution in [2.75, 3.05) is 6.61 Å². The number of fused-ring (bicyclic) bond motifs is 1. The van der Waals surface area contributed by atoms with E-state index in [-0.39, 0.29) is 0 Å². The van der Waals surface area contributed by atoms with Gasteiger partial charge >= 0.3 is 0 Å². The van der Waals surface area contributed by atoms with Crippen molar-refractivity contribution < 1.29 is 9.53 Å². The van der Waals surface area contributed by atoms with Crippen molar-refractivity contribution in [3.63, 3.8) is 0 Å². The summed E-state index contributed by atoms with van der Waals surface area (Å²) in [6.45, 7) is 3.01. The van der Waals surface area contributed by atoms with Crippen LogP contribution in [0, 0.1) is 0 Å². The molecule has 0 aliphatic rings. The third-order valence-electron chi connectivity index (χ3n) is 4.50. The van der Waals surface area contributed by atoms with Gasteiger partial charge in [-0.1, -0.05) is 44.7 Å². The summed E-state index contributed by atoms with van der Waals surface area (Å²) in [6.07, 6.45) is 7.81. The Morgan fingerprint density at radius 2 is 1.85 bits per heavy atom. The Morgan fingerprint density at radius 1 is 1.04 bits per heavy atom. The standard InChI is InChI=1S/C22H26N2O2/c1-2-3-4-5-6-13-26-19-10-7-17(8-11-19)15-22-23-20-12-9-18(16-25)14-21(20)24-22/h7-12,14,16H,2-6,13,15H2,1H3,(H,23,24). The molecule has 0 spiro atoms. The first-order chi connectivity index (χ1) is 12.8. The predicted octanol–water partition coefficient (Wildman–Crippen LogP) is 5.32. The van der Waals surface area contributed by atoms with E-state index in [1.807, 2.05) is 24.3 Å². The second-order valence-electron chi connectivity index (χ2n) is 6.66. The van der Waals surface area contributed by atoms with E-state index in [4.69, 9.17) is 4.74 Å². The Hall–Kier alpha value is -2.62. The Bertz CT molecular complexity index is 837. The smallest absolute Gasteiger partial charge is 0.150 e. The molecule has 0 saturated heterocycles. The lowest BCUT2D eigenvalue weighted by molar-refractivity contribution is 0.112. The molecule has 0 bridgehead atoms. The van der Waals surface area contributed by atoms with Gasteiger partial charge in [0.25, 0.3) is 0 Å². The van der Waals surface area contributed by atoms with E-state index in [0.29, 0.717) is 5.56 Å². The molecule has 0 aliphatic carbocycles. The van der Waals surface area contributed by atoms with E-state index in [1.165, 1.54) is 31.2 Å². The fourth-order valence-corrected chi connectivity index (χ4v) is 3.03. The number of hydrogen-bond donors (Lipinski definition) is 1. The summed E-state index contributed by atoms with van der Waals surface area (Å²) < 4.78 is 5.81. The molecule has 0 fully saturated rings. The molecule has 1 aromatic heterocycles. The van der Waals surface area contributed by atoms with Crippen LogP contribution in [0.5, 0.6) is 5.75 Å². The van der Waals surface area contributed by atoms with Crippen molar-refractivity contribution in [2.45, 2.75) is 45.4 Å². The molecule has 4 heteroatoms. The molecule has 1 N–H and O–H groups in total. The number of aromatic nitrogens is 2. The SMILES string of the molecule is CCCCCCCOc1ccc(Cc2nc3ccc(C=O)cc3[nH]2)cc1. The topological polar surface area (TPSA) is 55.0 Å². The minimum Gasteiger partial charge on any atom is -0.494 e. The van der Waals surface area contributed by atoms with Crippen LogP contribution in [0.4, 0.5) is 0 Å². The monoisotopic (exact) mass is 350 g/mol. The number of hydrogen-bond acceptors (Lipinski definition) is 3. The third-order valence-corrected chi connectivity index (χ3v) is 4.50. The molecule has 0 aliphatic heterocycles. The van der Waals surface area contributed by atoms with Crippen LogP contribution in [-0.4, -0.2) is 22.9 Å². The summed E-state index contributed by atoms with van der Waals surface area (Å²) in [6, 6.07) is 13.7. The largest absolute Gasteiger partial charge is 0.494 e. The summed E-state index contributed by atoms with van der Waals surface area (Å²) in [4.78, 5) is 18.8. The maximum absolute atomic E-state index is 10.9. The van der Waals surface area contributed by atoms with Gasteiger partial charge in [0.15, 0.2) is 0 Å². The minimum absolute atomic E-state index is 0.656. The Labute approximate surface area is 154 Å². The van der Waals surface area contributed by atoms with Crippen LogP contribution in [0.3, 0.4) is 0 Å². The quantitative estimate of drug-likeness (QED) is 0.398. The van der Waals surface area contributed by atoms with Gasteiger partial charge in [0.1, 0.15) is 17.9 Å². The molecule has 1 heterocycles. The normalized spacial score (nSPS) is 11.0. The first kappa shape index (κ1) is 18.2. The third kappa shape index (κ3) is 4.94. The lowest BCUT2D eigenvalue weighted by Gasteiger charge is -2.07. The molecule has 136 valence electrons. The average Bonchev–Trinajstić information content (AvgIpc) is 3.07. The number of nitrogens with one attached hydrogen (secondary N) is 1. The zero-order valence-corrected chi connectivity index (χ0v) is 15.3. The van der Waals surface area contributed by atoms with Crippen molar-refractivity contribution in [1.29, 1.82) is 0 Å². The highest BCUT2D eigenvalue weighted by molar-refractivity contribution is 5.84. The van der Waals surface area contributed by atoms with E-state index in [0.717, 1.165) is 48.3 Å². The number of benzene rings is 2. The van der Waals surface area contributed by atoms with Gasteiger partial charge in [0.2, 0.25) is 0 Å². The number of carbonyl (C=O) groups is 1. The number of aldehydes is 1. The van der Waals surface area contributed by atoms with Crippen LogP contribution < -0.4 is 4.74 Å². The molecule has 2 aromatic carbocycles. The molecule has 3 aromatic rings. The number of aromatic amines is 1. The van der Waals surface area contributed by atoms with Gasteiger partial charge in [0.05, 0.1) is 17.6 Å². The van der Waals surface area contributed by atoms with Crippen LogP contribution in [0.2, 0.25) is 0 Å². The van der Waals surface area contributed by atoms with E-state index in [9.17, 15) is 4.79 Å². The number of ether oxygens (including phenoxy) is 1. The van der Waals surface area contributed by atoms with Crippen LogP contribution in [0.1, 0.15) is 60.8 Å². The van der Waals surface area contributed by atoms with Crippen molar-refractivity contribution in [2.24, 2.45) is 0 Å². The van der Waals surface area contributed by atoms with E-state index in [2.05, 4.69) is 29.0 Å². The van der Waals surface area contributed by atoms with Gasteiger partial charge in [0, 0.05) is 12.0 Å². The van der Waals surface area contributed by atoms with Gasteiger partial charge in [-0.05, 0) is 42.3 Å². The molecule has 0 saturated carbocycles. The first-order valence-corrected chi connectivity index (χ1v) is 9.44. The summed E-state index contributed by atoms with van der Waals surface area (Å²) in [5.74, 6) is 1.82. The van der Waals surface area contributed by atoms with E-state index < -0.39 is 0 Å². The zero-order chi connectivity index (χ0) is 18.2. The number of nitrogens with zero attached hydrogens (tertiary/aromatic N) is 1. The molecule has 0 amide bonds. The molecular weight excluding hydrogens is 324 g/mol. The van der Waals surface area contributed by atoms with Crippen LogP contribution in [0.25, 0.3) is 11.0 Å². The van der Waals surface area contributed by atoms with Gasteiger partial charge in [-0.15, -0.1) is 0 Å². The zero-order valence-electron chi connectivity index (χ0n) is 15.3. The van der Waals surface area contributed by atoms with Crippen molar-refractivity contribution in [3.05, 3.63) is 59.4 Å². The lowest BCUT2D eigenvalue weighted by Crippen LogP contribution is -1.97. The van der Waals surface area contributed by atoms with Crippen molar-refractivity contribution in [1.82, 2.24) is 9.97 Å². The Balaban J connectivity index is 1.53. The fraction of sp³-hybridized carbons (Fsp3) is 0.364. The highest BCUT2D eigenvalue weighted by atomic mass is 16.5. The van der Waals surface area contributed by atoms with Crippen molar-refractivity contribution in [3.8, 4) is 5.75 Å². The maximum atomic E-state index is 10.9. The summed E-state index contributed by atoms with van der Waals surface area (Å²) in [5.41, 5.74) is 3.61. The molecule has 0 unspecified atom stereocenters. The number of rotatable bonds is 10. The first-order valence-electron chi connectivity index (χ1n) is 9.44. The molecule has 4 nitrogen and oxygen atoms in total. The van der Waals surface area contributed by atoms with Gasteiger partial charge in [-0.25, -0.2) is 4.98 Å². The number of H-pyrrole nitrogens is 1. The average molecular weight is 350 g/mol. The van der Waals surface area contributed by atoms with Gasteiger partial charge in [-0.3, -0.25) is 4.79 Å². The van der Waals surface area contributed by atoms with Crippen molar-refractivity contribution >= 4 is 17.3 Å². The highest BCUT2D eigenvalue weighted by Crippen LogP contribution is 2.18. The molecule has 26 heavy (non-hydrogen) atoms. The van der Waals surface area contributed by atoms with E-state index in [1.54, 1.807) is 6.07 Å². The van der Waals surface area contributed by atoms with Gasteiger partial charge in [-0.2, -0.15) is 0 Å². The Kier molecular flexibility index (Phi) is 6.42. The number of unbranched alkanes of at least 4 members (excludes halogenated alkanes) is 4.